The molecule has 1 heterocycles. The normalized spacial score (nSPS) is 10.2. The van der Waals surface area contributed by atoms with Crippen LogP contribution in [0.2, 0.25) is 0 Å². The summed E-state index contributed by atoms with van der Waals surface area (Å²) in [6, 6.07) is 7.62. The van der Waals surface area contributed by atoms with Crippen LogP contribution in [-0.2, 0) is 11.3 Å². The zero-order chi connectivity index (χ0) is 17.1. The molecule has 118 valence electrons. The van der Waals surface area contributed by atoms with Crippen LogP contribution in [0.5, 0.6) is 0 Å². The predicted octanol–water partition coefficient (Wildman–Crippen LogP) is 2.42. The topological polar surface area (TPSA) is 74.9 Å². The number of amides is 1. The number of nitrogens with one attached hydrogen (secondary N) is 1. The van der Waals surface area contributed by atoms with Crippen molar-refractivity contribution >= 4 is 11.6 Å². The number of aryl methyl sites for hydroxylation is 3. The lowest BCUT2D eigenvalue weighted by atomic mass is 10.1. The van der Waals surface area contributed by atoms with Crippen molar-refractivity contribution in [3.63, 3.8) is 0 Å². The molecule has 0 radical (unpaired) electrons. The molecular weight excluding hydrogens is 297 g/mol. The summed E-state index contributed by atoms with van der Waals surface area (Å²) in [6.07, 6.45) is 0. The summed E-state index contributed by atoms with van der Waals surface area (Å²) in [7, 11) is 0. The van der Waals surface area contributed by atoms with E-state index in [1.54, 1.807) is 32.9 Å². The number of carbonyl (C=O) groups is 1. The molecule has 0 fully saturated rings. The maximum absolute atomic E-state index is 13.3. The van der Waals surface area contributed by atoms with E-state index in [4.69, 9.17) is 5.26 Å². The molecule has 1 N–H and O–H groups in total. The standard InChI is InChI=1S/C17H16FN3O2/c1-10-4-5-13(18)7-15(10)20-16(22)9-21-12(3)6-11(2)14(8-19)17(21)23/h4-7H,9H2,1-3H3,(H,20,22). The van der Waals surface area contributed by atoms with Crippen LogP contribution in [0.25, 0.3) is 0 Å². The van der Waals surface area contributed by atoms with Gasteiger partial charge in [-0.25, -0.2) is 4.39 Å². The Morgan fingerprint density at radius 2 is 1.96 bits per heavy atom. The molecule has 1 amide bonds. The van der Waals surface area contributed by atoms with Crippen LogP contribution in [-0.4, -0.2) is 10.5 Å². The summed E-state index contributed by atoms with van der Waals surface area (Å²) in [5.74, 6) is -0.919. The van der Waals surface area contributed by atoms with Crippen molar-refractivity contribution < 1.29 is 9.18 Å². The van der Waals surface area contributed by atoms with Crippen LogP contribution >= 0.6 is 0 Å². The monoisotopic (exact) mass is 313 g/mol. The molecule has 2 rings (SSSR count). The minimum absolute atomic E-state index is 0.0188. The zero-order valence-corrected chi connectivity index (χ0v) is 13.1. The Kier molecular flexibility index (Phi) is 4.60. The quantitative estimate of drug-likeness (QED) is 0.945. The Labute approximate surface area is 133 Å². The lowest BCUT2D eigenvalue weighted by Crippen LogP contribution is -2.31. The van der Waals surface area contributed by atoms with E-state index in [-0.39, 0.29) is 12.1 Å². The minimum atomic E-state index is -0.504. The Balaban J connectivity index is 2.30. The highest BCUT2D eigenvalue weighted by Gasteiger charge is 2.13. The third-order valence-corrected chi connectivity index (χ3v) is 3.59. The van der Waals surface area contributed by atoms with Gasteiger partial charge in [0.15, 0.2) is 0 Å². The molecule has 1 aromatic heterocycles. The van der Waals surface area contributed by atoms with Gasteiger partial charge in [-0.1, -0.05) is 6.07 Å². The second-order valence-corrected chi connectivity index (χ2v) is 5.35. The van der Waals surface area contributed by atoms with Gasteiger partial charge >= 0.3 is 0 Å². The summed E-state index contributed by atoms with van der Waals surface area (Å²) < 4.78 is 14.5. The average molecular weight is 313 g/mol. The number of pyridine rings is 1. The fraction of sp³-hybridized carbons (Fsp3) is 0.235. The molecule has 0 saturated heterocycles. The second-order valence-electron chi connectivity index (χ2n) is 5.35. The van der Waals surface area contributed by atoms with Crippen molar-refractivity contribution in [2.24, 2.45) is 0 Å². The average Bonchev–Trinajstić information content (AvgIpc) is 2.47. The molecule has 0 atom stereocenters. The smallest absolute Gasteiger partial charge is 0.269 e. The Hall–Kier alpha value is -2.94. The zero-order valence-electron chi connectivity index (χ0n) is 13.1. The largest absolute Gasteiger partial charge is 0.324 e. The van der Waals surface area contributed by atoms with Gasteiger partial charge in [-0.15, -0.1) is 0 Å². The highest BCUT2D eigenvalue weighted by atomic mass is 19.1. The third kappa shape index (κ3) is 3.46. The number of anilines is 1. The minimum Gasteiger partial charge on any atom is -0.324 e. The Morgan fingerprint density at radius 3 is 2.61 bits per heavy atom. The van der Waals surface area contributed by atoms with Crippen LogP contribution in [0, 0.1) is 37.9 Å². The molecule has 0 unspecified atom stereocenters. The third-order valence-electron chi connectivity index (χ3n) is 3.59. The maximum Gasteiger partial charge on any atom is 0.269 e. The lowest BCUT2D eigenvalue weighted by Gasteiger charge is -2.13. The number of nitriles is 1. The lowest BCUT2D eigenvalue weighted by molar-refractivity contribution is -0.116. The van der Waals surface area contributed by atoms with Crippen LogP contribution < -0.4 is 10.9 Å². The van der Waals surface area contributed by atoms with Gasteiger partial charge < -0.3 is 9.88 Å². The Morgan fingerprint density at radius 1 is 1.26 bits per heavy atom. The molecule has 6 heteroatoms. The SMILES string of the molecule is Cc1ccc(F)cc1NC(=O)Cn1c(C)cc(C)c(C#N)c1=O. The van der Waals surface area contributed by atoms with E-state index in [1.165, 1.54) is 16.7 Å². The van der Waals surface area contributed by atoms with Gasteiger partial charge in [0.25, 0.3) is 5.56 Å². The highest BCUT2D eigenvalue weighted by molar-refractivity contribution is 5.91. The number of halogens is 1. The first-order valence-electron chi connectivity index (χ1n) is 7.00. The van der Waals surface area contributed by atoms with Gasteiger partial charge in [-0.3, -0.25) is 9.59 Å². The summed E-state index contributed by atoms with van der Waals surface area (Å²) in [4.78, 5) is 24.4. The second kappa shape index (κ2) is 6.44. The van der Waals surface area contributed by atoms with Gasteiger partial charge in [0, 0.05) is 11.4 Å². The first-order chi connectivity index (χ1) is 10.8. The van der Waals surface area contributed by atoms with E-state index in [9.17, 15) is 14.0 Å². The van der Waals surface area contributed by atoms with E-state index in [0.29, 0.717) is 22.5 Å². The molecule has 0 saturated carbocycles. The van der Waals surface area contributed by atoms with Gasteiger partial charge in [-0.2, -0.15) is 5.26 Å². The number of nitrogens with zero attached hydrogens (tertiary/aromatic N) is 2. The van der Waals surface area contributed by atoms with Gasteiger partial charge in [0.1, 0.15) is 24.0 Å². The van der Waals surface area contributed by atoms with Gasteiger partial charge in [-0.05, 0) is 50.1 Å². The van der Waals surface area contributed by atoms with E-state index >= 15 is 0 Å². The van der Waals surface area contributed by atoms with Crippen molar-refractivity contribution in [2.75, 3.05) is 5.32 Å². The molecule has 1 aromatic carbocycles. The number of benzene rings is 1. The van der Waals surface area contributed by atoms with Gasteiger partial charge in [0.2, 0.25) is 5.91 Å². The molecule has 5 nitrogen and oxygen atoms in total. The fourth-order valence-electron chi connectivity index (χ4n) is 2.32. The molecular formula is C17H16FN3O2. The number of hydrogen-bond acceptors (Lipinski definition) is 3. The molecule has 0 aliphatic heterocycles. The van der Waals surface area contributed by atoms with Gasteiger partial charge in [0.05, 0.1) is 0 Å². The van der Waals surface area contributed by atoms with E-state index in [0.717, 1.165) is 0 Å². The van der Waals surface area contributed by atoms with E-state index < -0.39 is 17.3 Å². The van der Waals surface area contributed by atoms with E-state index in [2.05, 4.69) is 5.32 Å². The molecule has 0 bridgehead atoms. The van der Waals surface area contributed by atoms with Crippen LogP contribution in [0.1, 0.15) is 22.4 Å². The highest BCUT2D eigenvalue weighted by Crippen LogP contribution is 2.16. The molecule has 2 aromatic rings. The van der Waals surface area contributed by atoms with E-state index in [1.807, 2.05) is 6.07 Å². The Bertz CT molecular complexity index is 879. The predicted molar refractivity (Wildman–Crippen MR) is 84.7 cm³/mol. The number of aromatic nitrogens is 1. The fourth-order valence-corrected chi connectivity index (χ4v) is 2.32. The molecule has 0 aliphatic rings. The summed E-state index contributed by atoms with van der Waals surface area (Å²) in [5, 5.41) is 11.6. The first-order valence-corrected chi connectivity index (χ1v) is 7.00. The van der Waals surface area contributed by atoms with Crippen LogP contribution in [0.3, 0.4) is 0 Å². The number of hydrogen-bond donors (Lipinski definition) is 1. The van der Waals surface area contributed by atoms with Crippen molar-refractivity contribution in [2.45, 2.75) is 27.3 Å². The van der Waals surface area contributed by atoms with Crippen molar-refractivity contribution in [3.05, 3.63) is 62.8 Å². The van der Waals surface area contributed by atoms with Crippen molar-refractivity contribution in [1.82, 2.24) is 4.57 Å². The summed E-state index contributed by atoms with van der Waals surface area (Å²) in [5.41, 5.74) is 1.74. The van der Waals surface area contributed by atoms with Crippen molar-refractivity contribution in [1.29, 1.82) is 5.26 Å². The first kappa shape index (κ1) is 16.4. The van der Waals surface area contributed by atoms with Crippen LogP contribution in [0.15, 0.2) is 29.1 Å². The number of rotatable bonds is 3. The number of carbonyl (C=O) groups excluding carboxylic acids is 1. The summed E-state index contributed by atoms with van der Waals surface area (Å²) >= 11 is 0. The van der Waals surface area contributed by atoms with Crippen molar-refractivity contribution in [3.8, 4) is 6.07 Å². The molecule has 23 heavy (non-hydrogen) atoms. The molecule has 0 aliphatic carbocycles. The molecule has 0 spiro atoms. The summed E-state index contributed by atoms with van der Waals surface area (Å²) in [6.45, 7) is 4.87. The van der Waals surface area contributed by atoms with Crippen LogP contribution in [0.4, 0.5) is 10.1 Å². The maximum atomic E-state index is 13.3.